The van der Waals surface area contributed by atoms with Crippen LogP contribution in [0.15, 0.2) is 67.4 Å². The summed E-state index contributed by atoms with van der Waals surface area (Å²) in [7, 11) is 0. The standard InChI is InChI=1S/C16H13N5O/c22-16(9-6-13-3-1-2-10-18-13)20-14-4-7-15(8-5-14)21-12-17-11-19-21/h1-12H,(H,20,22)/b9-6+. The Morgan fingerprint density at radius 2 is 2.00 bits per heavy atom. The Morgan fingerprint density at radius 1 is 1.14 bits per heavy atom. The number of aromatic nitrogens is 4. The minimum absolute atomic E-state index is 0.209. The topological polar surface area (TPSA) is 72.7 Å². The molecule has 0 saturated carbocycles. The van der Waals surface area contributed by atoms with E-state index in [9.17, 15) is 4.79 Å². The lowest BCUT2D eigenvalue weighted by molar-refractivity contribution is -0.111. The summed E-state index contributed by atoms with van der Waals surface area (Å²) in [4.78, 5) is 19.9. The number of hydrogen-bond donors (Lipinski definition) is 1. The predicted molar refractivity (Wildman–Crippen MR) is 83.3 cm³/mol. The molecule has 3 aromatic rings. The molecule has 22 heavy (non-hydrogen) atoms. The molecule has 0 bridgehead atoms. The summed E-state index contributed by atoms with van der Waals surface area (Å²) in [5.41, 5.74) is 2.32. The van der Waals surface area contributed by atoms with Gasteiger partial charge in [-0.1, -0.05) is 6.07 Å². The van der Waals surface area contributed by atoms with Crippen LogP contribution in [-0.4, -0.2) is 25.7 Å². The second kappa shape index (κ2) is 6.45. The zero-order chi connectivity index (χ0) is 15.2. The van der Waals surface area contributed by atoms with Gasteiger partial charge in [0.25, 0.3) is 0 Å². The highest BCUT2D eigenvalue weighted by molar-refractivity contribution is 6.01. The monoisotopic (exact) mass is 291 g/mol. The molecule has 3 rings (SSSR count). The van der Waals surface area contributed by atoms with Gasteiger partial charge in [0.05, 0.1) is 11.4 Å². The summed E-state index contributed by atoms with van der Waals surface area (Å²) in [5.74, 6) is -0.209. The molecule has 108 valence electrons. The first-order valence-electron chi connectivity index (χ1n) is 6.66. The van der Waals surface area contributed by atoms with Gasteiger partial charge in [-0.3, -0.25) is 9.78 Å². The van der Waals surface area contributed by atoms with Gasteiger partial charge in [-0.15, -0.1) is 0 Å². The highest BCUT2D eigenvalue weighted by Gasteiger charge is 2.00. The summed E-state index contributed by atoms with van der Waals surface area (Å²) in [6.45, 7) is 0. The average molecular weight is 291 g/mol. The number of carbonyl (C=O) groups excluding carboxylic acids is 1. The molecule has 1 aromatic carbocycles. The third-order valence-corrected chi connectivity index (χ3v) is 2.91. The van der Waals surface area contributed by atoms with Gasteiger partial charge in [-0.05, 0) is 42.5 Å². The van der Waals surface area contributed by atoms with Crippen molar-refractivity contribution in [1.29, 1.82) is 0 Å². The van der Waals surface area contributed by atoms with Crippen molar-refractivity contribution in [2.24, 2.45) is 0 Å². The van der Waals surface area contributed by atoms with Crippen LogP contribution in [0.5, 0.6) is 0 Å². The quantitative estimate of drug-likeness (QED) is 0.749. The number of anilines is 1. The van der Waals surface area contributed by atoms with Gasteiger partial charge in [0, 0.05) is 18.0 Å². The average Bonchev–Trinajstić information content (AvgIpc) is 3.09. The lowest BCUT2D eigenvalue weighted by atomic mass is 10.2. The van der Waals surface area contributed by atoms with Crippen LogP contribution < -0.4 is 5.32 Å². The second-order valence-electron chi connectivity index (χ2n) is 4.46. The molecule has 0 spiro atoms. The fourth-order valence-electron chi connectivity index (χ4n) is 1.86. The van der Waals surface area contributed by atoms with E-state index in [1.54, 1.807) is 23.3 Å². The van der Waals surface area contributed by atoms with E-state index in [4.69, 9.17) is 0 Å². The zero-order valence-corrected chi connectivity index (χ0v) is 11.6. The number of rotatable bonds is 4. The molecule has 0 fully saturated rings. The van der Waals surface area contributed by atoms with Crippen molar-refractivity contribution in [3.8, 4) is 5.69 Å². The maximum atomic E-state index is 11.8. The molecule has 2 heterocycles. The Bertz CT molecular complexity index is 764. The van der Waals surface area contributed by atoms with Gasteiger partial charge >= 0.3 is 0 Å². The molecule has 0 saturated heterocycles. The van der Waals surface area contributed by atoms with E-state index in [-0.39, 0.29) is 5.91 Å². The Kier molecular flexibility index (Phi) is 4.01. The van der Waals surface area contributed by atoms with Gasteiger partial charge < -0.3 is 5.32 Å². The summed E-state index contributed by atoms with van der Waals surface area (Å²) in [5, 5.41) is 6.83. The number of hydrogen-bond acceptors (Lipinski definition) is 4. The van der Waals surface area contributed by atoms with Crippen LogP contribution >= 0.6 is 0 Å². The van der Waals surface area contributed by atoms with Gasteiger partial charge in [0.1, 0.15) is 12.7 Å². The van der Waals surface area contributed by atoms with E-state index in [1.807, 2.05) is 42.5 Å². The van der Waals surface area contributed by atoms with Crippen molar-refractivity contribution >= 4 is 17.7 Å². The minimum Gasteiger partial charge on any atom is -0.323 e. The van der Waals surface area contributed by atoms with Crippen molar-refractivity contribution in [2.75, 3.05) is 5.32 Å². The molecule has 0 aliphatic rings. The Labute approximate surface area is 127 Å². The molecule has 1 N–H and O–H groups in total. The molecule has 0 atom stereocenters. The molecule has 6 nitrogen and oxygen atoms in total. The Balaban J connectivity index is 1.63. The summed E-state index contributed by atoms with van der Waals surface area (Å²) in [6, 6.07) is 12.9. The van der Waals surface area contributed by atoms with Crippen LogP contribution in [0.3, 0.4) is 0 Å². The number of amides is 1. The number of nitrogens with one attached hydrogen (secondary N) is 1. The van der Waals surface area contributed by atoms with Crippen LogP contribution in [-0.2, 0) is 4.79 Å². The van der Waals surface area contributed by atoms with Crippen molar-refractivity contribution in [3.63, 3.8) is 0 Å². The first kappa shape index (κ1) is 13.7. The summed E-state index contributed by atoms with van der Waals surface area (Å²) < 4.78 is 1.65. The van der Waals surface area contributed by atoms with E-state index in [0.717, 1.165) is 11.4 Å². The second-order valence-corrected chi connectivity index (χ2v) is 4.46. The maximum absolute atomic E-state index is 11.8. The molecular weight excluding hydrogens is 278 g/mol. The van der Waals surface area contributed by atoms with Gasteiger partial charge in [-0.2, -0.15) is 5.10 Å². The van der Waals surface area contributed by atoms with E-state index < -0.39 is 0 Å². The van der Waals surface area contributed by atoms with Gasteiger partial charge in [-0.25, -0.2) is 9.67 Å². The van der Waals surface area contributed by atoms with E-state index in [0.29, 0.717) is 5.69 Å². The summed E-state index contributed by atoms with van der Waals surface area (Å²) in [6.07, 6.45) is 7.88. The first-order valence-corrected chi connectivity index (χ1v) is 6.66. The third kappa shape index (κ3) is 3.43. The predicted octanol–water partition coefficient (Wildman–Crippen LogP) is 2.31. The van der Waals surface area contributed by atoms with Crippen molar-refractivity contribution < 1.29 is 4.79 Å². The number of benzene rings is 1. The lowest BCUT2D eigenvalue weighted by Gasteiger charge is -2.04. The number of nitrogens with zero attached hydrogens (tertiary/aromatic N) is 4. The largest absolute Gasteiger partial charge is 0.323 e. The highest BCUT2D eigenvalue weighted by Crippen LogP contribution is 2.12. The number of carbonyl (C=O) groups is 1. The molecule has 6 heteroatoms. The molecule has 0 radical (unpaired) electrons. The maximum Gasteiger partial charge on any atom is 0.248 e. The van der Waals surface area contributed by atoms with Crippen LogP contribution in [0.4, 0.5) is 5.69 Å². The van der Waals surface area contributed by atoms with Crippen LogP contribution in [0.2, 0.25) is 0 Å². The van der Waals surface area contributed by atoms with Crippen LogP contribution in [0.1, 0.15) is 5.69 Å². The Hall–Kier alpha value is -3.28. The normalized spacial score (nSPS) is 10.7. The number of pyridine rings is 1. The smallest absolute Gasteiger partial charge is 0.248 e. The minimum atomic E-state index is -0.209. The highest BCUT2D eigenvalue weighted by atomic mass is 16.1. The first-order chi connectivity index (χ1) is 10.8. The molecular formula is C16H13N5O. The van der Waals surface area contributed by atoms with E-state index in [1.165, 1.54) is 12.4 Å². The molecule has 0 unspecified atom stereocenters. The lowest BCUT2D eigenvalue weighted by Crippen LogP contribution is -2.07. The van der Waals surface area contributed by atoms with Gasteiger partial charge in [0.15, 0.2) is 0 Å². The zero-order valence-electron chi connectivity index (χ0n) is 11.6. The van der Waals surface area contributed by atoms with E-state index in [2.05, 4.69) is 20.4 Å². The molecule has 0 aliphatic carbocycles. The van der Waals surface area contributed by atoms with Crippen LogP contribution in [0.25, 0.3) is 11.8 Å². The van der Waals surface area contributed by atoms with Crippen molar-refractivity contribution in [3.05, 3.63) is 73.1 Å². The third-order valence-electron chi connectivity index (χ3n) is 2.91. The van der Waals surface area contributed by atoms with E-state index >= 15 is 0 Å². The van der Waals surface area contributed by atoms with Crippen molar-refractivity contribution in [1.82, 2.24) is 19.7 Å². The SMILES string of the molecule is O=C(/C=C/c1ccccn1)Nc1ccc(-n2cncn2)cc1. The fraction of sp³-hybridized carbons (Fsp3) is 0. The van der Waals surface area contributed by atoms with Crippen molar-refractivity contribution in [2.45, 2.75) is 0 Å². The van der Waals surface area contributed by atoms with Crippen LogP contribution in [0, 0.1) is 0 Å². The molecule has 2 aromatic heterocycles. The summed E-state index contributed by atoms with van der Waals surface area (Å²) >= 11 is 0. The Morgan fingerprint density at radius 3 is 2.68 bits per heavy atom. The fourth-order valence-corrected chi connectivity index (χ4v) is 1.86. The molecule has 0 aliphatic heterocycles. The van der Waals surface area contributed by atoms with Gasteiger partial charge in [0.2, 0.25) is 5.91 Å². The molecule has 1 amide bonds.